The second-order valence-electron chi connectivity index (χ2n) is 5.63. The SMILES string of the molecule is Cc1cc(C)n(CCNC(=O)[C@H]2CSc3nccc(=O)n3C2)n1. The van der Waals surface area contributed by atoms with Crippen LogP contribution in [0.1, 0.15) is 11.4 Å². The molecule has 7 nitrogen and oxygen atoms in total. The summed E-state index contributed by atoms with van der Waals surface area (Å²) in [5.41, 5.74) is 1.94. The number of fused-ring (bicyclic) bond motifs is 1. The van der Waals surface area contributed by atoms with Gasteiger partial charge in [0.1, 0.15) is 0 Å². The van der Waals surface area contributed by atoms with Crippen molar-refractivity contribution in [3.63, 3.8) is 0 Å². The number of hydrogen-bond donors (Lipinski definition) is 1. The fourth-order valence-corrected chi connectivity index (χ4v) is 3.70. The molecule has 23 heavy (non-hydrogen) atoms. The van der Waals surface area contributed by atoms with Gasteiger partial charge in [-0.05, 0) is 19.9 Å². The van der Waals surface area contributed by atoms with Crippen molar-refractivity contribution < 1.29 is 4.79 Å². The first kappa shape index (κ1) is 15.8. The van der Waals surface area contributed by atoms with Crippen LogP contribution < -0.4 is 10.9 Å². The van der Waals surface area contributed by atoms with E-state index in [1.165, 1.54) is 24.0 Å². The first-order chi connectivity index (χ1) is 11.0. The smallest absolute Gasteiger partial charge is 0.254 e. The van der Waals surface area contributed by atoms with Crippen molar-refractivity contribution >= 4 is 17.7 Å². The first-order valence-corrected chi connectivity index (χ1v) is 8.50. The van der Waals surface area contributed by atoms with Crippen LogP contribution in [0.5, 0.6) is 0 Å². The number of aryl methyl sites for hydroxylation is 2. The van der Waals surface area contributed by atoms with E-state index >= 15 is 0 Å². The van der Waals surface area contributed by atoms with Gasteiger partial charge in [-0.3, -0.25) is 18.8 Å². The summed E-state index contributed by atoms with van der Waals surface area (Å²) in [5.74, 6) is 0.401. The number of nitrogens with one attached hydrogen (secondary N) is 1. The first-order valence-electron chi connectivity index (χ1n) is 7.52. The highest BCUT2D eigenvalue weighted by atomic mass is 32.2. The molecule has 2 aromatic heterocycles. The lowest BCUT2D eigenvalue weighted by Crippen LogP contribution is -2.40. The topological polar surface area (TPSA) is 81.8 Å². The van der Waals surface area contributed by atoms with Gasteiger partial charge in [0.05, 0.1) is 18.2 Å². The maximum atomic E-state index is 12.3. The van der Waals surface area contributed by atoms with E-state index in [1.807, 2.05) is 24.6 Å². The predicted molar refractivity (Wildman–Crippen MR) is 87.4 cm³/mol. The molecule has 1 aliphatic rings. The van der Waals surface area contributed by atoms with Crippen molar-refractivity contribution in [1.29, 1.82) is 0 Å². The van der Waals surface area contributed by atoms with Crippen molar-refractivity contribution in [1.82, 2.24) is 24.6 Å². The maximum Gasteiger partial charge on any atom is 0.254 e. The number of carbonyl (C=O) groups is 1. The fraction of sp³-hybridized carbons (Fsp3) is 0.467. The van der Waals surface area contributed by atoms with Crippen LogP contribution in [-0.4, -0.2) is 37.5 Å². The minimum absolute atomic E-state index is 0.0274. The summed E-state index contributed by atoms with van der Waals surface area (Å²) >= 11 is 1.45. The summed E-state index contributed by atoms with van der Waals surface area (Å²) in [6.07, 6.45) is 1.51. The van der Waals surface area contributed by atoms with Crippen LogP contribution in [0.3, 0.4) is 0 Å². The van der Waals surface area contributed by atoms with E-state index in [2.05, 4.69) is 15.4 Å². The quantitative estimate of drug-likeness (QED) is 0.829. The molecule has 122 valence electrons. The third-order valence-corrected chi connectivity index (χ3v) is 4.97. The highest BCUT2D eigenvalue weighted by molar-refractivity contribution is 7.99. The molecule has 1 atom stereocenters. The number of rotatable bonds is 4. The molecule has 0 spiro atoms. The molecule has 0 aromatic carbocycles. The van der Waals surface area contributed by atoms with Gasteiger partial charge in [0.2, 0.25) is 5.91 Å². The number of hydrogen-bond acceptors (Lipinski definition) is 5. The molecule has 8 heteroatoms. The Bertz CT molecular complexity index is 782. The monoisotopic (exact) mass is 333 g/mol. The highest BCUT2D eigenvalue weighted by Crippen LogP contribution is 2.24. The summed E-state index contributed by atoms with van der Waals surface area (Å²) in [6, 6.07) is 3.43. The average Bonchev–Trinajstić information content (AvgIpc) is 2.85. The van der Waals surface area contributed by atoms with E-state index < -0.39 is 0 Å². The molecule has 2 aromatic rings. The van der Waals surface area contributed by atoms with Crippen LogP contribution in [0.4, 0.5) is 0 Å². The molecule has 0 saturated carbocycles. The summed E-state index contributed by atoms with van der Waals surface area (Å²) < 4.78 is 3.45. The summed E-state index contributed by atoms with van der Waals surface area (Å²) in [6.45, 7) is 5.50. The lowest BCUT2D eigenvalue weighted by Gasteiger charge is -2.23. The molecule has 0 fully saturated rings. The molecule has 0 saturated heterocycles. The van der Waals surface area contributed by atoms with Gasteiger partial charge in [0, 0.05) is 36.8 Å². The molecule has 3 heterocycles. The molecular formula is C15H19N5O2S. The third-order valence-electron chi connectivity index (χ3n) is 3.81. The van der Waals surface area contributed by atoms with Crippen molar-refractivity contribution in [3.8, 4) is 0 Å². The van der Waals surface area contributed by atoms with E-state index in [1.54, 1.807) is 4.57 Å². The minimum Gasteiger partial charge on any atom is -0.354 e. The van der Waals surface area contributed by atoms with Crippen molar-refractivity contribution in [2.75, 3.05) is 12.3 Å². The van der Waals surface area contributed by atoms with E-state index in [0.29, 0.717) is 30.5 Å². The predicted octanol–water partition coefficient (Wildman–Crippen LogP) is 0.595. The molecule has 1 aliphatic heterocycles. The Morgan fingerprint density at radius 1 is 1.48 bits per heavy atom. The summed E-state index contributed by atoms with van der Waals surface area (Å²) in [4.78, 5) is 28.3. The fourth-order valence-electron chi connectivity index (χ4n) is 2.64. The number of aromatic nitrogens is 4. The van der Waals surface area contributed by atoms with Crippen LogP contribution in [0.2, 0.25) is 0 Å². The number of carbonyl (C=O) groups excluding carboxylic acids is 1. The Morgan fingerprint density at radius 3 is 3.04 bits per heavy atom. The zero-order valence-electron chi connectivity index (χ0n) is 13.2. The molecule has 0 aliphatic carbocycles. The van der Waals surface area contributed by atoms with Gasteiger partial charge >= 0.3 is 0 Å². The van der Waals surface area contributed by atoms with Crippen molar-refractivity contribution in [2.45, 2.75) is 32.1 Å². The Hall–Kier alpha value is -2.09. The second kappa shape index (κ2) is 6.57. The van der Waals surface area contributed by atoms with Crippen molar-refractivity contribution in [2.24, 2.45) is 5.92 Å². The van der Waals surface area contributed by atoms with Crippen LogP contribution >= 0.6 is 11.8 Å². The molecule has 0 radical (unpaired) electrons. The maximum absolute atomic E-state index is 12.3. The van der Waals surface area contributed by atoms with Crippen LogP contribution in [-0.2, 0) is 17.9 Å². The molecule has 1 amide bonds. The van der Waals surface area contributed by atoms with E-state index in [-0.39, 0.29) is 17.4 Å². The van der Waals surface area contributed by atoms with E-state index in [4.69, 9.17) is 0 Å². The van der Waals surface area contributed by atoms with E-state index in [0.717, 1.165) is 11.4 Å². The van der Waals surface area contributed by atoms with Gasteiger partial charge in [-0.2, -0.15) is 5.10 Å². The van der Waals surface area contributed by atoms with Gasteiger partial charge in [-0.15, -0.1) is 0 Å². The Morgan fingerprint density at radius 2 is 2.30 bits per heavy atom. The number of amides is 1. The Labute approximate surface area is 138 Å². The molecule has 0 bridgehead atoms. The number of thioether (sulfide) groups is 1. The molecule has 1 N–H and O–H groups in total. The lowest BCUT2D eigenvalue weighted by atomic mass is 10.1. The Balaban J connectivity index is 1.56. The van der Waals surface area contributed by atoms with Gasteiger partial charge in [0.25, 0.3) is 5.56 Å². The van der Waals surface area contributed by atoms with Gasteiger partial charge in [-0.1, -0.05) is 11.8 Å². The standard InChI is InChI=1S/C15H19N5O2S/c1-10-7-11(2)20(18-10)6-5-16-14(22)12-8-19-13(21)3-4-17-15(19)23-9-12/h3-4,7,12H,5-6,8-9H2,1-2H3,(H,16,22)/t12-/m1/s1. The second-order valence-corrected chi connectivity index (χ2v) is 6.61. The molecule has 0 unspecified atom stereocenters. The van der Waals surface area contributed by atoms with Crippen LogP contribution in [0.25, 0.3) is 0 Å². The summed E-state index contributed by atoms with van der Waals surface area (Å²) in [5, 5.41) is 7.99. The Kier molecular flexibility index (Phi) is 4.51. The zero-order valence-corrected chi connectivity index (χ0v) is 14.0. The van der Waals surface area contributed by atoms with Gasteiger partial charge in [0.15, 0.2) is 5.16 Å². The largest absolute Gasteiger partial charge is 0.354 e. The number of nitrogens with zero attached hydrogens (tertiary/aromatic N) is 4. The minimum atomic E-state index is -0.213. The third kappa shape index (κ3) is 3.47. The van der Waals surface area contributed by atoms with Crippen molar-refractivity contribution in [3.05, 3.63) is 40.1 Å². The van der Waals surface area contributed by atoms with Crippen LogP contribution in [0, 0.1) is 19.8 Å². The average molecular weight is 333 g/mol. The van der Waals surface area contributed by atoms with Crippen LogP contribution in [0.15, 0.2) is 28.3 Å². The van der Waals surface area contributed by atoms with Gasteiger partial charge in [-0.25, -0.2) is 4.98 Å². The van der Waals surface area contributed by atoms with E-state index in [9.17, 15) is 9.59 Å². The van der Waals surface area contributed by atoms with Gasteiger partial charge < -0.3 is 5.32 Å². The normalized spacial score (nSPS) is 16.9. The zero-order chi connectivity index (χ0) is 16.4. The molecule has 3 rings (SSSR count). The highest BCUT2D eigenvalue weighted by Gasteiger charge is 2.26. The molecular weight excluding hydrogens is 314 g/mol. The lowest BCUT2D eigenvalue weighted by molar-refractivity contribution is -0.124. The summed E-state index contributed by atoms with van der Waals surface area (Å²) in [7, 11) is 0.